The Morgan fingerprint density at radius 2 is 2.25 bits per heavy atom. The fourth-order valence-electron chi connectivity index (χ4n) is 3.20. The Kier molecular flexibility index (Phi) is 3.57. The number of aliphatic hydroxyl groups is 1. The minimum Gasteiger partial charge on any atom is -0.388 e. The Labute approximate surface area is 119 Å². The molecule has 0 radical (unpaired) electrons. The molecule has 0 aliphatic heterocycles. The van der Waals surface area contributed by atoms with Crippen molar-refractivity contribution in [1.29, 1.82) is 0 Å². The first-order chi connectivity index (χ1) is 9.66. The summed E-state index contributed by atoms with van der Waals surface area (Å²) < 4.78 is 0. The van der Waals surface area contributed by atoms with Gasteiger partial charge in [-0.25, -0.2) is 0 Å². The lowest BCUT2D eigenvalue weighted by Gasteiger charge is -2.35. The summed E-state index contributed by atoms with van der Waals surface area (Å²) in [6.45, 7) is 2.79. The molecule has 2 atom stereocenters. The van der Waals surface area contributed by atoms with Gasteiger partial charge in [-0.1, -0.05) is 38.0 Å². The molecule has 0 saturated heterocycles. The molecule has 0 amide bonds. The maximum Gasteiger partial charge on any atom is 0.0950 e. The van der Waals surface area contributed by atoms with Crippen LogP contribution in [-0.4, -0.2) is 27.4 Å². The summed E-state index contributed by atoms with van der Waals surface area (Å²) in [5.41, 5.74) is 1.23. The van der Waals surface area contributed by atoms with Crippen LogP contribution in [0.2, 0.25) is 0 Å². The maximum atomic E-state index is 10.7. The van der Waals surface area contributed by atoms with Gasteiger partial charge in [-0.15, -0.1) is 0 Å². The molecule has 2 unspecified atom stereocenters. The Morgan fingerprint density at radius 1 is 1.40 bits per heavy atom. The van der Waals surface area contributed by atoms with Gasteiger partial charge in [-0.2, -0.15) is 10.2 Å². The van der Waals surface area contributed by atoms with Gasteiger partial charge in [0.05, 0.1) is 23.0 Å². The van der Waals surface area contributed by atoms with Crippen LogP contribution in [0.3, 0.4) is 0 Å². The van der Waals surface area contributed by atoms with Crippen molar-refractivity contribution in [3.8, 4) is 0 Å². The van der Waals surface area contributed by atoms with Crippen LogP contribution in [0.25, 0.3) is 10.9 Å². The third kappa shape index (κ3) is 2.75. The molecule has 2 N–H and O–H groups in total. The van der Waals surface area contributed by atoms with E-state index in [0.29, 0.717) is 12.5 Å². The van der Waals surface area contributed by atoms with Crippen molar-refractivity contribution in [2.24, 2.45) is 5.92 Å². The van der Waals surface area contributed by atoms with Crippen LogP contribution in [0.1, 0.15) is 32.6 Å². The summed E-state index contributed by atoms with van der Waals surface area (Å²) in [7, 11) is 0. The van der Waals surface area contributed by atoms with Crippen LogP contribution in [0.15, 0.2) is 30.5 Å². The molecule has 3 rings (SSSR count). The van der Waals surface area contributed by atoms with Gasteiger partial charge in [0.2, 0.25) is 0 Å². The molecule has 1 aliphatic carbocycles. The largest absolute Gasteiger partial charge is 0.388 e. The van der Waals surface area contributed by atoms with Crippen LogP contribution in [-0.2, 0) is 0 Å². The van der Waals surface area contributed by atoms with E-state index in [0.717, 1.165) is 35.9 Å². The van der Waals surface area contributed by atoms with E-state index in [1.807, 2.05) is 24.3 Å². The van der Waals surface area contributed by atoms with Crippen molar-refractivity contribution in [1.82, 2.24) is 10.2 Å². The zero-order chi connectivity index (χ0) is 14.0. The predicted octanol–water partition coefficient (Wildman–Crippen LogP) is 2.98. The Hall–Kier alpha value is -1.68. The van der Waals surface area contributed by atoms with Crippen molar-refractivity contribution >= 4 is 16.6 Å². The van der Waals surface area contributed by atoms with Crippen LogP contribution in [0.4, 0.5) is 5.69 Å². The molecule has 0 spiro atoms. The summed E-state index contributed by atoms with van der Waals surface area (Å²) in [6.07, 6.45) is 5.81. The number of hydrogen-bond acceptors (Lipinski definition) is 4. The highest BCUT2D eigenvalue weighted by molar-refractivity contribution is 5.90. The smallest absolute Gasteiger partial charge is 0.0950 e. The van der Waals surface area contributed by atoms with Gasteiger partial charge in [0.15, 0.2) is 0 Å². The van der Waals surface area contributed by atoms with Gasteiger partial charge in [0, 0.05) is 11.9 Å². The average molecular weight is 271 g/mol. The first-order valence-corrected chi connectivity index (χ1v) is 7.33. The molecule has 0 bridgehead atoms. The van der Waals surface area contributed by atoms with Gasteiger partial charge in [-0.3, -0.25) is 0 Å². The summed E-state index contributed by atoms with van der Waals surface area (Å²) in [6, 6.07) is 7.93. The third-order valence-electron chi connectivity index (χ3n) is 4.22. The first-order valence-electron chi connectivity index (χ1n) is 7.33. The Morgan fingerprint density at radius 3 is 3.10 bits per heavy atom. The normalized spacial score (nSPS) is 26.6. The van der Waals surface area contributed by atoms with E-state index in [1.54, 1.807) is 6.20 Å². The van der Waals surface area contributed by atoms with Crippen molar-refractivity contribution in [3.05, 3.63) is 30.5 Å². The van der Waals surface area contributed by atoms with E-state index in [4.69, 9.17) is 0 Å². The minimum atomic E-state index is -0.595. The number of aromatic nitrogens is 2. The molecule has 20 heavy (non-hydrogen) atoms. The second-order valence-corrected chi connectivity index (χ2v) is 6.05. The van der Waals surface area contributed by atoms with E-state index in [9.17, 15) is 5.11 Å². The monoisotopic (exact) mass is 271 g/mol. The van der Waals surface area contributed by atoms with E-state index in [-0.39, 0.29) is 0 Å². The zero-order valence-electron chi connectivity index (χ0n) is 11.8. The molecule has 1 aromatic heterocycles. The van der Waals surface area contributed by atoms with Gasteiger partial charge >= 0.3 is 0 Å². The highest BCUT2D eigenvalue weighted by atomic mass is 16.3. The van der Waals surface area contributed by atoms with E-state index < -0.39 is 5.60 Å². The quantitative estimate of drug-likeness (QED) is 0.901. The molecule has 1 heterocycles. The molecule has 1 aromatic carbocycles. The number of fused-ring (bicyclic) bond motifs is 1. The van der Waals surface area contributed by atoms with E-state index in [1.165, 1.54) is 6.42 Å². The molecular weight excluding hydrogens is 250 g/mol. The van der Waals surface area contributed by atoms with E-state index in [2.05, 4.69) is 22.4 Å². The molecule has 2 aromatic rings. The van der Waals surface area contributed by atoms with Gasteiger partial charge in [0.1, 0.15) is 0 Å². The number of benzene rings is 1. The molecular formula is C16H21N3O. The number of anilines is 1. The lowest BCUT2D eigenvalue weighted by molar-refractivity contribution is -0.000743. The number of rotatable bonds is 3. The van der Waals surface area contributed by atoms with Gasteiger partial charge in [0.25, 0.3) is 0 Å². The number of nitrogens with zero attached hydrogens (tertiary/aromatic N) is 2. The molecule has 1 saturated carbocycles. The van der Waals surface area contributed by atoms with Crippen molar-refractivity contribution in [2.45, 2.75) is 38.2 Å². The van der Waals surface area contributed by atoms with Crippen LogP contribution < -0.4 is 5.32 Å². The molecule has 1 aliphatic rings. The average Bonchev–Trinajstić information content (AvgIpc) is 2.45. The molecule has 1 fully saturated rings. The van der Waals surface area contributed by atoms with Gasteiger partial charge < -0.3 is 10.4 Å². The van der Waals surface area contributed by atoms with Crippen molar-refractivity contribution < 1.29 is 5.11 Å². The van der Waals surface area contributed by atoms with E-state index >= 15 is 0 Å². The third-order valence-corrected chi connectivity index (χ3v) is 4.22. The molecule has 106 valence electrons. The van der Waals surface area contributed by atoms with Crippen LogP contribution >= 0.6 is 0 Å². The van der Waals surface area contributed by atoms with Gasteiger partial charge in [-0.05, 0) is 24.8 Å². The summed E-state index contributed by atoms with van der Waals surface area (Å²) in [5, 5.41) is 23.2. The summed E-state index contributed by atoms with van der Waals surface area (Å²) in [5.74, 6) is 0.600. The van der Waals surface area contributed by atoms with Crippen molar-refractivity contribution in [3.63, 3.8) is 0 Å². The predicted molar refractivity (Wildman–Crippen MR) is 80.6 cm³/mol. The Balaban J connectivity index is 1.77. The highest BCUT2D eigenvalue weighted by Gasteiger charge is 2.32. The number of hydrogen-bond donors (Lipinski definition) is 2. The standard InChI is InChI=1S/C16H21N3O/c1-12-5-4-8-16(20,9-12)11-17-15-10-18-19-14-7-3-2-6-13(14)15/h2-3,6-7,10,12,20H,4-5,8-9,11H2,1H3,(H,17,19). The second kappa shape index (κ2) is 5.37. The highest BCUT2D eigenvalue weighted by Crippen LogP contribution is 2.32. The SMILES string of the molecule is CC1CCCC(O)(CNc2cnnc3ccccc23)C1. The topological polar surface area (TPSA) is 58.0 Å². The zero-order valence-corrected chi connectivity index (χ0v) is 11.8. The van der Waals surface area contributed by atoms with Crippen LogP contribution in [0.5, 0.6) is 0 Å². The first kappa shape index (κ1) is 13.3. The fourth-order valence-corrected chi connectivity index (χ4v) is 3.20. The van der Waals surface area contributed by atoms with Crippen molar-refractivity contribution in [2.75, 3.05) is 11.9 Å². The summed E-state index contributed by atoms with van der Waals surface area (Å²) in [4.78, 5) is 0. The second-order valence-electron chi connectivity index (χ2n) is 6.05. The lowest BCUT2D eigenvalue weighted by Crippen LogP contribution is -2.41. The lowest BCUT2D eigenvalue weighted by atomic mass is 9.79. The molecule has 4 nitrogen and oxygen atoms in total. The number of nitrogens with one attached hydrogen (secondary N) is 1. The minimum absolute atomic E-state index is 0.576. The maximum absolute atomic E-state index is 10.7. The van der Waals surface area contributed by atoms with Crippen LogP contribution in [0, 0.1) is 5.92 Å². The molecule has 4 heteroatoms. The Bertz CT molecular complexity index is 596. The summed E-state index contributed by atoms with van der Waals surface area (Å²) >= 11 is 0. The fraction of sp³-hybridized carbons (Fsp3) is 0.500.